The van der Waals surface area contributed by atoms with Crippen LogP contribution in [0.4, 0.5) is 0 Å². The summed E-state index contributed by atoms with van der Waals surface area (Å²) in [6, 6.07) is 6.43. The van der Waals surface area contributed by atoms with Crippen LogP contribution >= 0.6 is 31.9 Å². The van der Waals surface area contributed by atoms with Crippen molar-refractivity contribution < 1.29 is 4.74 Å². The van der Waals surface area contributed by atoms with Gasteiger partial charge in [0.05, 0.1) is 18.1 Å². The van der Waals surface area contributed by atoms with E-state index in [-0.39, 0.29) is 5.41 Å². The lowest BCUT2D eigenvalue weighted by Gasteiger charge is -2.17. The Morgan fingerprint density at radius 3 is 2.63 bits per heavy atom. The first-order valence-electron chi connectivity index (χ1n) is 6.28. The summed E-state index contributed by atoms with van der Waals surface area (Å²) in [4.78, 5) is 0. The summed E-state index contributed by atoms with van der Waals surface area (Å²) in [5.41, 5.74) is 2.01. The summed E-state index contributed by atoms with van der Waals surface area (Å²) < 4.78 is 6.96. The molecule has 0 N–H and O–H groups in total. The van der Waals surface area contributed by atoms with E-state index < -0.39 is 0 Å². The molecule has 0 aliphatic carbocycles. The number of alkyl halides is 1. The van der Waals surface area contributed by atoms with Crippen LogP contribution in [0.5, 0.6) is 5.75 Å². The number of ether oxygens (including phenoxy) is 1. The molecule has 19 heavy (non-hydrogen) atoms. The monoisotopic (exact) mass is 387 g/mol. The maximum absolute atomic E-state index is 8.96. The zero-order chi connectivity index (χ0) is 14.5. The molecule has 0 fully saturated rings. The van der Waals surface area contributed by atoms with Crippen molar-refractivity contribution in [1.29, 1.82) is 5.26 Å². The van der Waals surface area contributed by atoms with Gasteiger partial charge in [-0.15, -0.1) is 0 Å². The molecule has 104 valence electrons. The second-order valence-corrected chi connectivity index (χ2v) is 6.77. The van der Waals surface area contributed by atoms with E-state index in [4.69, 9.17) is 10.00 Å². The summed E-state index contributed by atoms with van der Waals surface area (Å²) in [5.74, 6) is 0.954. The van der Waals surface area contributed by atoms with E-state index in [0.717, 1.165) is 39.5 Å². The van der Waals surface area contributed by atoms with Gasteiger partial charge in [0.15, 0.2) is 0 Å². The molecule has 1 aromatic rings. The third-order valence-electron chi connectivity index (χ3n) is 2.96. The van der Waals surface area contributed by atoms with Gasteiger partial charge in [0.2, 0.25) is 0 Å². The van der Waals surface area contributed by atoms with Crippen LogP contribution in [0.2, 0.25) is 0 Å². The van der Waals surface area contributed by atoms with Crippen molar-refractivity contribution in [3.8, 4) is 11.8 Å². The van der Waals surface area contributed by atoms with Gasteiger partial charge in [-0.2, -0.15) is 5.26 Å². The van der Waals surface area contributed by atoms with Crippen LogP contribution in [-0.2, 0) is 5.33 Å². The lowest BCUT2D eigenvalue weighted by atomic mass is 9.90. The molecule has 0 radical (unpaired) electrons. The molecule has 0 unspecified atom stereocenters. The quantitative estimate of drug-likeness (QED) is 0.485. The molecule has 4 heteroatoms. The first-order chi connectivity index (χ1) is 8.89. The van der Waals surface area contributed by atoms with Gasteiger partial charge in [0.25, 0.3) is 0 Å². The van der Waals surface area contributed by atoms with Crippen LogP contribution in [0.15, 0.2) is 16.6 Å². The maximum atomic E-state index is 8.96. The molecule has 0 aromatic heterocycles. The SMILES string of the molecule is Cc1cc(Br)cc(CBr)c1OCCCC(C)(C)C#N. The lowest BCUT2D eigenvalue weighted by Crippen LogP contribution is -2.10. The molecular weight excluding hydrogens is 370 g/mol. The second-order valence-electron chi connectivity index (χ2n) is 5.29. The Labute approximate surface area is 132 Å². The van der Waals surface area contributed by atoms with E-state index in [1.807, 2.05) is 20.8 Å². The van der Waals surface area contributed by atoms with Gasteiger partial charge in [-0.25, -0.2) is 0 Å². The average molecular weight is 389 g/mol. The Morgan fingerprint density at radius 1 is 1.37 bits per heavy atom. The molecular formula is C15H19Br2NO. The number of halogens is 2. The van der Waals surface area contributed by atoms with Gasteiger partial charge < -0.3 is 4.74 Å². The Bertz CT molecular complexity index is 478. The third-order valence-corrected chi connectivity index (χ3v) is 4.02. The lowest BCUT2D eigenvalue weighted by molar-refractivity contribution is 0.281. The van der Waals surface area contributed by atoms with Crippen LogP contribution in [0.25, 0.3) is 0 Å². The average Bonchev–Trinajstić information content (AvgIpc) is 2.35. The van der Waals surface area contributed by atoms with Crippen molar-refractivity contribution in [3.63, 3.8) is 0 Å². The Balaban J connectivity index is 2.62. The summed E-state index contributed by atoms with van der Waals surface area (Å²) in [6.45, 7) is 6.61. The molecule has 0 saturated carbocycles. The van der Waals surface area contributed by atoms with E-state index in [2.05, 4.69) is 50.1 Å². The molecule has 0 bridgehead atoms. The molecule has 0 aliphatic rings. The minimum absolute atomic E-state index is 0.267. The van der Waals surface area contributed by atoms with Gasteiger partial charge in [-0.3, -0.25) is 0 Å². The number of hydrogen-bond donors (Lipinski definition) is 0. The standard InChI is InChI=1S/C15H19Br2NO/c1-11-7-13(17)8-12(9-16)14(11)19-6-4-5-15(2,3)10-18/h7-8H,4-6,9H2,1-3H3. The smallest absolute Gasteiger partial charge is 0.126 e. The number of nitrogens with zero attached hydrogens (tertiary/aromatic N) is 1. The molecule has 1 aromatic carbocycles. The van der Waals surface area contributed by atoms with Crippen molar-refractivity contribution in [1.82, 2.24) is 0 Å². The summed E-state index contributed by atoms with van der Waals surface area (Å²) >= 11 is 6.98. The minimum Gasteiger partial charge on any atom is -0.493 e. The van der Waals surface area contributed by atoms with Crippen LogP contribution in [-0.4, -0.2) is 6.61 Å². The molecule has 1 rings (SSSR count). The normalized spacial score (nSPS) is 11.2. The molecule has 0 heterocycles. The molecule has 0 aliphatic heterocycles. The second kappa shape index (κ2) is 7.31. The van der Waals surface area contributed by atoms with E-state index in [1.165, 1.54) is 0 Å². The van der Waals surface area contributed by atoms with E-state index in [0.29, 0.717) is 6.61 Å². The fourth-order valence-corrected chi connectivity index (χ4v) is 2.89. The molecule has 0 amide bonds. The number of rotatable bonds is 6. The summed E-state index contributed by atoms with van der Waals surface area (Å²) in [6.07, 6.45) is 1.74. The Morgan fingerprint density at radius 2 is 2.05 bits per heavy atom. The van der Waals surface area contributed by atoms with E-state index in [9.17, 15) is 0 Å². The van der Waals surface area contributed by atoms with E-state index >= 15 is 0 Å². The fourth-order valence-electron chi connectivity index (χ4n) is 1.85. The largest absolute Gasteiger partial charge is 0.493 e. The van der Waals surface area contributed by atoms with Gasteiger partial charge in [-0.05, 0) is 51.3 Å². The molecule has 0 saturated heterocycles. The van der Waals surface area contributed by atoms with Crippen molar-refractivity contribution in [2.24, 2.45) is 5.41 Å². The molecule has 0 atom stereocenters. The highest BCUT2D eigenvalue weighted by Gasteiger charge is 2.16. The van der Waals surface area contributed by atoms with Gasteiger partial charge in [0, 0.05) is 15.4 Å². The zero-order valence-corrected chi connectivity index (χ0v) is 14.8. The maximum Gasteiger partial charge on any atom is 0.126 e. The number of aryl methyl sites for hydroxylation is 1. The van der Waals surface area contributed by atoms with Crippen LogP contribution in [0.3, 0.4) is 0 Å². The van der Waals surface area contributed by atoms with Gasteiger partial charge >= 0.3 is 0 Å². The number of nitriles is 1. The highest BCUT2D eigenvalue weighted by atomic mass is 79.9. The zero-order valence-electron chi connectivity index (χ0n) is 11.6. The first-order valence-corrected chi connectivity index (χ1v) is 8.20. The van der Waals surface area contributed by atoms with Crippen LogP contribution in [0.1, 0.15) is 37.8 Å². The van der Waals surface area contributed by atoms with Crippen molar-refractivity contribution in [3.05, 3.63) is 27.7 Å². The van der Waals surface area contributed by atoms with Crippen molar-refractivity contribution in [2.45, 2.75) is 38.9 Å². The Hall–Kier alpha value is -0.530. The molecule has 0 spiro atoms. The highest BCUT2D eigenvalue weighted by molar-refractivity contribution is 9.10. The molecule has 2 nitrogen and oxygen atoms in total. The minimum atomic E-state index is -0.267. The van der Waals surface area contributed by atoms with E-state index in [1.54, 1.807) is 0 Å². The highest BCUT2D eigenvalue weighted by Crippen LogP contribution is 2.30. The number of benzene rings is 1. The van der Waals surface area contributed by atoms with Crippen molar-refractivity contribution in [2.75, 3.05) is 6.61 Å². The van der Waals surface area contributed by atoms with Crippen LogP contribution in [0, 0.1) is 23.7 Å². The van der Waals surface area contributed by atoms with Gasteiger partial charge in [0.1, 0.15) is 5.75 Å². The van der Waals surface area contributed by atoms with Crippen molar-refractivity contribution >= 4 is 31.9 Å². The number of hydrogen-bond acceptors (Lipinski definition) is 2. The predicted molar refractivity (Wildman–Crippen MR) is 85.6 cm³/mol. The fraction of sp³-hybridized carbons (Fsp3) is 0.533. The van der Waals surface area contributed by atoms with Gasteiger partial charge in [-0.1, -0.05) is 31.9 Å². The van der Waals surface area contributed by atoms with Crippen LogP contribution < -0.4 is 4.74 Å². The Kier molecular flexibility index (Phi) is 6.35. The first kappa shape index (κ1) is 16.5. The topological polar surface area (TPSA) is 33.0 Å². The summed E-state index contributed by atoms with van der Waals surface area (Å²) in [5, 5.41) is 9.74. The summed E-state index contributed by atoms with van der Waals surface area (Å²) in [7, 11) is 0. The predicted octanol–water partition coefficient (Wildman–Crippen LogP) is 5.36. The third kappa shape index (κ3) is 5.16.